The van der Waals surface area contributed by atoms with Crippen molar-refractivity contribution in [1.82, 2.24) is 0 Å². The average Bonchev–Trinajstić information content (AvgIpc) is 1.96. The first-order chi connectivity index (χ1) is 5.27. The van der Waals surface area contributed by atoms with Gasteiger partial charge < -0.3 is 14.7 Å². The van der Waals surface area contributed by atoms with Crippen LogP contribution in [0, 0.1) is 0 Å². The second-order valence-electron chi connectivity index (χ2n) is 2.61. The molecule has 0 spiro atoms. The van der Waals surface area contributed by atoms with Crippen LogP contribution < -0.4 is 0 Å². The summed E-state index contributed by atoms with van der Waals surface area (Å²) in [5.41, 5.74) is 0. The summed E-state index contributed by atoms with van der Waals surface area (Å²) >= 11 is 0. The first-order valence-corrected chi connectivity index (χ1v) is 4.25. The minimum absolute atomic E-state index is 0. The third kappa shape index (κ3) is 14.1. The summed E-state index contributed by atoms with van der Waals surface area (Å²) < 4.78 is 4.53. The van der Waals surface area contributed by atoms with Crippen molar-refractivity contribution in [3.63, 3.8) is 0 Å². The van der Waals surface area contributed by atoms with E-state index in [1.807, 2.05) is 0 Å². The number of rotatable bonds is 7. The molecule has 0 aromatic carbocycles. The summed E-state index contributed by atoms with van der Waals surface area (Å²) in [6.45, 7) is 2.61. The monoisotopic (exact) mass is 200 g/mol. The average molecular weight is 200 g/mol. The molecule has 0 aliphatic heterocycles. The number of unbranched alkanes of at least 4 members (excludes halogenated alkanes) is 4. The van der Waals surface area contributed by atoms with Crippen LogP contribution in [-0.4, -0.2) is 75.4 Å². The minimum atomic E-state index is -1.60. The first kappa shape index (κ1) is 16.0. The van der Waals surface area contributed by atoms with E-state index in [0.29, 0.717) is 6.61 Å². The van der Waals surface area contributed by atoms with Crippen molar-refractivity contribution in [2.45, 2.75) is 39.0 Å². The molecular weight excluding hydrogens is 182 g/mol. The Morgan fingerprint density at radius 2 is 1.67 bits per heavy atom. The van der Waals surface area contributed by atoms with E-state index in [-0.39, 0.29) is 51.4 Å². The van der Waals surface area contributed by atoms with E-state index in [1.54, 1.807) is 0 Å². The van der Waals surface area contributed by atoms with Crippen molar-refractivity contribution in [3.8, 4) is 0 Å². The van der Waals surface area contributed by atoms with Gasteiger partial charge in [0.15, 0.2) is 0 Å². The maximum atomic E-state index is 8.29. The van der Waals surface area contributed by atoms with E-state index in [2.05, 4.69) is 11.6 Å². The Hall–Kier alpha value is 1.58. The van der Waals surface area contributed by atoms with Gasteiger partial charge >= 0.3 is 58.7 Å². The van der Waals surface area contributed by atoms with Gasteiger partial charge in [-0.2, -0.15) is 0 Å². The fraction of sp³-hybridized carbons (Fsp3) is 1.00. The van der Waals surface area contributed by atoms with Gasteiger partial charge in [-0.1, -0.05) is 32.6 Å². The molecule has 0 aliphatic carbocycles. The SMILES string of the molecule is CCCCCCCOB(O)O.[KH]. The molecule has 0 aliphatic rings. The fourth-order valence-corrected chi connectivity index (χ4v) is 0.894. The summed E-state index contributed by atoms with van der Waals surface area (Å²) in [6.07, 6.45) is 5.71. The van der Waals surface area contributed by atoms with Gasteiger partial charge in [0.1, 0.15) is 0 Å². The van der Waals surface area contributed by atoms with Crippen molar-refractivity contribution >= 4 is 58.7 Å². The van der Waals surface area contributed by atoms with E-state index in [9.17, 15) is 0 Å². The molecule has 0 atom stereocenters. The van der Waals surface area contributed by atoms with Crippen LogP contribution in [0.2, 0.25) is 0 Å². The Labute approximate surface area is 117 Å². The van der Waals surface area contributed by atoms with Gasteiger partial charge in [-0.05, 0) is 6.42 Å². The quantitative estimate of drug-likeness (QED) is 0.459. The van der Waals surface area contributed by atoms with Crippen LogP contribution >= 0.6 is 0 Å². The van der Waals surface area contributed by atoms with Crippen molar-refractivity contribution in [2.75, 3.05) is 6.61 Å². The van der Waals surface area contributed by atoms with Crippen molar-refractivity contribution in [2.24, 2.45) is 0 Å². The van der Waals surface area contributed by atoms with Gasteiger partial charge in [-0.25, -0.2) is 0 Å². The molecule has 5 heteroatoms. The third-order valence-electron chi connectivity index (χ3n) is 1.51. The topological polar surface area (TPSA) is 49.7 Å². The predicted molar refractivity (Wildman–Crippen MR) is 52.1 cm³/mol. The zero-order chi connectivity index (χ0) is 8.53. The molecule has 0 saturated heterocycles. The normalized spacial score (nSPS) is 9.25. The van der Waals surface area contributed by atoms with Crippen LogP contribution in [0.5, 0.6) is 0 Å². The van der Waals surface area contributed by atoms with Crippen LogP contribution in [0.3, 0.4) is 0 Å². The number of hydrogen-bond donors (Lipinski definition) is 2. The summed E-state index contributed by atoms with van der Waals surface area (Å²) in [5, 5.41) is 16.6. The van der Waals surface area contributed by atoms with Crippen LogP contribution in [0.1, 0.15) is 39.0 Å². The third-order valence-corrected chi connectivity index (χ3v) is 1.51. The predicted octanol–water partition coefficient (Wildman–Crippen LogP) is 0.294. The van der Waals surface area contributed by atoms with E-state index < -0.39 is 7.32 Å². The Morgan fingerprint density at radius 1 is 1.08 bits per heavy atom. The van der Waals surface area contributed by atoms with Crippen molar-refractivity contribution in [1.29, 1.82) is 0 Å². The summed E-state index contributed by atoms with van der Waals surface area (Å²) in [5.74, 6) is 0. The zero-order valence-electron chi connectivity index (χ0n) is 7.12. The molecule has 0 heterocycles. The van der Waals surface area contributed by atoms with E-state index in [0.717, 1.165) is 12.8 Å². The maximum absolute atomic E-state index is 8.29. The van der Waals surface area contributed by atoms with Crippen LogP contribution in [-0.2, 0) is 4.65 Å². The molecule has 0 aromatic heterocycles. The second kappa shape index (κ2) is 12.6. The van der Waals surface area contributed by atoms with E-state index >= 15 is 0 Å². The fourth-order valence-electron chi connectivity index (χ4n) is 0.894. The summed E-state index contributed by atoms with van der Waals surface area (Å²) in [6, 6.07) is 0. The molecule has 68 valence electrons. The molecule has 0 bridgehead atoms. The molecule has 0 rings (SSSR count). The molecule has 3 nitrogen and oxygen atoms in total. The van der Waals surface area contributed by atoms with Gasteiger partial charge in [0, 0.05) is 6.61 Å². The molecule has 0 aromatic rings. The van der Waals surface area contributed by atoms with Gasteiger partial charge in [0.05, 0.1) is 0 Å². The summed E-state index contributed by atoms with van der Waals surface area (Å²) in [4.78, 5) is 0. The Bertz CT molecular complexity index is 83.1. The first-order valence-electron chi connectivity index (χ1n) is 4.25. The van der Waals surface area contributed by atoms with Crippen molar-refractivity contribution in [3.05, 3.63) is 0 Å². The Kier molecular flexibility index (Phi) is 16.8. The molecule has 0 unspecified atom stereocenters. The van der Waals surface area contributed by atoms with Gasteiger partial charge in [-0.3, -0.25) is 0 Å². The molecule has 0 saturated carbocycles. The van der Waals surface area contributed by atoms with Gasteiger partial charge in [-0.15, -0.1) is 0 Å². The molecular formula is C7H18BKO3. The molecule has 0 fully saturated rings. The number of hydrogen-bond acceptors (Lipinski definition) is 3. The Morgan fingerprint density at radius 3 is 2.17 bits per heavy atom. The Balaban J connectivity index is 0. The van der Waals surface area contributed by atoms with Crippen LogP contribution in [0.15, 0.2) is 0 Å². The molecule has 12 heavy (non-hydrogen) atoms. The standard InChI is InChI=1S/C7H17BO3.K.H/c1-2-3-4-5-6-7-11-8(9)10;;/h9-10H,2-7H2,1H3;;. The van der Waals surface area contributed by atoms with E-state index in [4.69, 9.17) is 10.0 Å². The van der Waals surface area contributed by atoms with Crippen LogP contribution in [0.25, 0.3) is 0 Å². The van der Waals surface area contributed by atoms with Gasteiger partial charge in [0.25, 0.3) is 0 Å². The summed E-state index contributed by atoms with van der Waals surface area (Å²) in [7, 11) is -1.60. The molecule has 2 N–H and O–H groups in total. The van der Waals surface area contributed by atoms with Crippen molar-refractivity contribution < 1.29 is 14.7 Å². The zero-order valence-corrected chi connectivity index (χ0v) is 7.12. The van der Waals surface area contributed by atoms with E-state index in [1.165, 1.54) is 19.3 Å². The van der Waals surface area contributed by atoms with Gasteiger partial charge in [0.2, 0.25) is 0 Å². The molecule has 0 amide bonds. The molecule has 0 radical (unpaired) electrons. The van der Waals surface area contributed by atoms with Crippen LogP contribution in [0.4, 0.5) is 0 Å². The second-order valence-corrected chi connectivity index (χ2v) is 2.61.